The van der Waals surface area contributed by atoms with E-state index >= 15 is 0 Å². The Bertz CT molecular complexity index is 798. The molecule has 4 saturated carbocycles. The van der Waals surface area contributed by atoms with E-state index in [2.05, 4.69) is 29.2 Å². The predicted molar refractivity (Wildman–Crippen MR) is 112 cm³/mol. The van der Waals surface area contributed by atoms with Crippen molar-refractivity contribution < 1.29 is 9.53 Å². The summed E-state index contributed by atoms with van der Waals surface area (Å²) in [6.07, 6.45) is 13.6. The lowest BCUT2D eigenvalue weighted by atomic mass is 9.48. The number of piperidine rings is 1. The van der Waals surface area contributed by atoms with Gasteiger partial charge in [-0.3, -0.25) is 4.79 Å². The van der Waals surface area contributed by atoms with Gasteiger partial charge >= 0.3 is 0 Å². The minimum absolute atomic E-state index is 0.0603. The molecule has 7 rings (SSSR count). The van der Waals surface area contributed by atoms with Crippen molar-refractivity contribution in [1.82, 2.24) is 0 Å². The van der Waals surface area contributed by atoms with Crippen LogP contribution in [0, 0.1) is 23.2 Å². The molecule has 0 atom stereocenters. The molecule has 0 aromatic heterocycles. The van der Waals surface area contributed by atoms with Gasteiger partial charge in [0.2, 0.25) is 0 Å². The zero-order chi connectivity index (χ0) is 18.7. The average Bonchev–Trinajstić information content (AvgIpc) is 2.72. The molecule has 3 heteroatoms. The number of hydrogen-bond acceptors (Lipinski definition) is 3. The standard InChI is InChI=1S/C25H31NO2/c27-24(25-13-17-8-18(14-25)10-19(9-17)15-25)21-11-20-4-5-22(12-23(20)28-16-21)26-6-2-1-3-7-26/h4-5,11-12,17-19H,1-3,6-10,13-16H2. The van der Waals surface area contributed by atoms with Gasteiger partial charge in [-0.2, -0.15) is 0 Å². The van der Waals surface area contributed by atoms with Crippen molar-refractivity contribution in [3.8, 4) is 5.75 Å². The van der Waals surface area contributed by atoms with Crippen LogP contribution in [0.15, 0.2) is 23.8 Å². The maximum Gasteiger partial charge on any atom is 0.168 e. The van der Waals surface area contributed by atoms with E-state index in [4.69, 9.17) is 4.74 Å². The van der Waals surface area contributed by atoms with Gasteiger partial charge in [-0.25, -0.2) is 0 Å². The largest absolute Gasteiger partial charge is 0.488 e. The fraction of sp³-hybridized carbons (Fsp3) is 0.640. The molecular formula is C25H31NO2. The number of hydrogen-bond donors (Lipinski definition) is 0. The number of anilines is 1. The number of Topliss-reactive ketones (excluding diaryl/α,β-unsaturated/α-hetero) is 1. The average molecular weight is 378 g/mol. The Morgan fingerprint density at radius 3 is 2.32 bits per heavy atom. The number of carbonyl (C=O) groups is 1. The number of ketones is 1. The van der Waals surface area contributed by atoms with Crippen LogP contribution in [0.3, 0.4) is 0 Å². The second-order valence-corrected chi connectivity index (χ2v) is 10.3. The first kappa shape index (κ1) is 17.1. The van der Waals surface area contributed by atoms with E-state index in [1.807, 2.05) is 0 Å². The van der Waals surface area contributed by atoms with Crippen LogP contribution < -0.4 is 9.64 Å². The van der Waals surface area contributed by atoms with Crippen molar-refractivity contribution in [1.29, 1.82) is 0 Å². The highest BCUT2D eigenvalue weighted by atomic mass is 16.5. The van der Waals surface area contributed by atoms with Crippen LogP contribution in [-0.2, 0) is 4.79 Å². The molecule has 0 N–H and O–H groups in total. The minimum atomic E-state index is -0.0603. The van der Waals surface area contributed by atoms with E-state index in [-0.39, 0.29) is 5.41 Å². The molecule has 2 aliphatic heterocycles. The van der Waals surface area contributed by atoms with E-state index in [1.54, 1.807) is 0 Å². The Hall–Kier alpha value is -1.77. The third-order valence-electron chi connectivity index (χ3n) is 8.24. The lowest BCUT2D eigenvalue weighted by Crippen LogP contribution is -2.50. The topological polar surface area (TPSA) is 29.5 Å². The predicted octanol–water partition coefficient (Wildman–Crippen LogP) is 5.24. The highest BCUT2D eigenvalue weighted by Crippen LogP contribution is 2.61. The van der Waals surface area contributed by atoms with E-state index in [1.165, 1.54) is 44.2 Å². The number of fused-ring (bicyclic) bond motifs is 1. The molecular weight excluding hydrogens is 346 g/mol. The van der Waals surface area contributed by atoms with Crippen molar-refractivity contribution in [2.75, 3.05) is 24.6 Å². The molecule has 4 aliphatic carbocycles. The van der Waals surface area contributed by atoms with Crippen molar-refractivity contribution in [2.45, 2.75) is 57.8 Å². The molecule has 2 heterocycles. The lowest BCUT2D eigenvalue weighted by Gasteiger charge is -2.56. The summed E-state index contributed by atoms with van der Waals surface area (Å²) in [6.45, 7) is 2.74. The Labute approximate surface area is 168 Å². The summed E-state index contributed by atoms with van der Waals surface area (Å²) < 4.78 is 6.14. The maximum atomic E-state index is 13.6. The molecule has 1 saturated heterocycles. The lowest BCUT2D eigenvalue weighted by molar-refractivity contribution is -0.140. The fourth-order valence-electron chi connectivity index (χ4n) is 7.36. The van der Waals surface area contributed by atoms with Crippen LogP contribution in [0.4, 0.5) is 5.69 Å². The van der Waals surface area contributed by atoms with Gasteiger partial charge in [-0.05, 0) is 93.7 Å². The van der Waals surface area contributed by atoms with Crippen LogP contribution in [0.2, 0.25) is 0 Å². The monoisotopic (exact) mass is 377 g/mol. The van der Waals surface area contributed by atoms with Gasteiger partial charge in [0.1, 0.15) is 12.4 Å². The van der Waals surface area contributed by atoms with Crippen molar-refractivity contribution in [3.63, 3.8) is 0 Å². The molecule has 1 aromatic rings. The maximum absolute atomic E-state index is 13.6. The van der Waals surface area contributed by atoms with Crippen LogP contribution >= 0.6 is 0 Å². The van der Waals surface area contributed by atoms with E-state index in [0.717, 1.165) is 67.0 Å². The quantitative estimate of drug-likeness (QED) is 0.721. The van der Waals surface area contributed by atoms with Crippen LogP contribution in [-0.4, -0.2) is 25.5 Å². The summed E-state index contributed by atoms with van der Waals surface area (Å²) in [5.74, 6) is 3.78. The summed E-state index contributed by atoms with van der Waals surface area (Å²) >= 11 is 0. The highest BCUT2D eigenvalue weighted by Gasteiger charge is 2.55. The second kappa shape index (κ2) is 6.37. The Morgan fingerprint density at radius 1 is 0.964 bits per heavy atom. The second-order valence-electron chi connectivity index (χ2n) is 10.3. The van der Waals surface area contributed by atoms with Crippen LogP contribution in [0.5, 0.6) is 5.75 Å². The molecule has 0 spiro atoms. The van der Waals surface area contributed by atoms with Gasteiger partial charge in [-0.1, -0.05) is 0 Å². The molecule has 1 aromatic carbocycles. The third-order valence-corrected chi connectivity index (χ3v) is 8.24. The molecule has 4 bridgehead atoms. The van der Waals surface area contributed by atoms with Gasteiger partial charge in [-0.15, -0.1) is 0 Å². The van der Waals surface area contributed by atoms with Crippen molar-refractivity contribution in [3.05, 3.63) is 29.3 Å². The number of benzene rings is 1. The summed E-state index contributed by atoms with van der Waals surface area (Å²) in [5, 5.41) is 0. The van der Waals surface area contributed by atoms with Gasteiger partial charge in [0.05, 0.1) is 0 Å². The Kier molecular flexibility index (Phi) is 3.89. The first-order chi connectivity index (χ1) is 13.7. The number of rotatable bonds is 3. The first-order valence-electron chi connectivity index (χ1n) is 11.5. The number of ether oxygens (including phenoxy) is 1. The molecule has 0 radical (unpaired) electrons. The summed E-state index contributed by atoms with van der Waals surface area (Å²) in [7, 11) is 0. The van der Waals surface area contributed by atoms with Gasteiger partial charge in [0.25, 0.3) is 0 Å². The smallest absolute Gasteiger partial charge is 0.168 e. The van der Waals surface area contributed by atoms with Crippen LogP contribution in [0.1, 0.15) is 63.4 Å². The Morgan fingerprint density at radius 2 is 1.64 bits per heavy atom. The van der Waals surface area contributed by atoms with Crippen molar-refractivity contribution >= 4 is 17.5 Å². The molecule has 3 nitrogen and oxygen atoms in total. The number of carbonyl (C=O) groups excluding carboxylic acids is 1. The van der Waals surface area contributed by atoms with Gasteiger partial charge < -0.3 is 9.64 Å². The van der Waals surface area contributed by atoms with E-state index < -0.39 is 0 Å². The third kappa shape index (κ3) is 2.73. The molecule has 0 unspecified atom stereocenters. The zero-order valence-corrected chi connectivity index (χ0v) is 16.8. The first-order valence-corrected chi connectivity index (χ1v) is 11.5. The minimum Gasteiger partial charge on any atom is -0.488 e. The number of nitrogens with zero attached hydrogens (tertiary/aromatic N) is 1. The SMILES string of the molecule is O=C(C1=Cc2ccc(N3CCCCC3)cc2OC1)C12CC3CC(CC(C3)C1)C2. The molecule has 5 fully saturated rings. The Balaban J connectivity index is 1.26. The molecule has 28 heavy (non-hydrogen) atoms. The molecule has 148 valence electrons. The van der Waals surface area contributed by atoms with E-state index in [0.29, 0.717) is 12.4 Å². The molecule has 6 aliphatic rings. The summed E-state index contributed by atoms with van der Waals surface area (Å²) in [5.41, 5.74) is 3.21. The van der Waals surface area contributed by atoms with E-state index in [9.17, 15) is 4.79 Å². The summed E-state index contributed by atoms with van der Waals surface area (Å²) in [6, 6.07) is 6.55. The summed E-state index contributed by atoms with van der Waals surface area (Å²) in [4.78, 5) is 16.1. The van der Waals surface area contributed by atoms with Gasteiger partial charge in [0.15, 0.2) is 5.78 Å². The normalized spacial score (nSPS) is 35.9. The molecule has 0 amide bonds. The van der Waals surface area contributed by atoms with Crippen LogP contribution in [0.25, 0.3) is 6.08 Å². The van der Waals surface area contributed by atoms with Gasteiger partial charge in [0, 0.05) is 41.4 Å². The highest BCUT2D eigenvalue weighted by molar-refractivity contribution is 6.04. The fourth-order valence-corrected chi connectivity index (χ4v) is 7.36. The zero-order valence-electron chi connectivity index (χ0n) is 16.8. The van der Waals surface area contributed by atoms with Crippen molar-refractivity contribution in [2.24, 2.45) is 23.2 Å².